The summed E-state index contributed by atoms with van der Waals surface area (Å²) < 4.78 is 73.1. The molecule has 6 nitrogen and oxygen atoms in total. The monoisotopic (exact) mass is 380 g/mol. The number of hydrogen-bond acceptors (Lipinski definition) is 6. The second-order valence-corrected chi connectivity index (χ2v) is 6.78. The number of methoxy groups -OCH3 is 1. The molecule has 0 N–H and O–H groups in total. The number of cyclic esters (lactones) is 1. The fourth-order valence-corrected chi connectivity index (χ4v) is 2.67. The Labute approximate surface area is 142 Å². The molecule has 1 aliphatic rings. The number of alkyl halides is 3. The number of carbonyl (C=O) groups excluding carboxylic acids is 1. The van der Waals surface area contributed by atoms with Crippen molar-refractivity contribution in [2.45, 2.75) is 30.9 Å². The van der Waals surface area contributed by atoms with Gasteiger partial charge in [-0.1, -0.05) is 12.1 Å². The lowest BCUT2D eigenvalue weighted by molar-refractivity contribution is -0.145. The lowest BCUT2D eigenvalue weighted by atomic mass is 10.0. The highest BCUT2D eigenvalue weighted by atomic mass is 32.2. The Kier molecular flexibility index (Phi) is 5.61. The average Bonchev–Trinajstić information content (AvgIpc) is 2.51. The van der Waals surface area contributed by atoms with E-state index in [1.807, 2.05) is 0 Å². The van der Waals surface area contributed by atoms with Crippen molar-refractivity contribution >= 4 is 16.1 Å². The van der Waals surface area contributed by atoms with Gasteiger partial charge < -0.3 is 13.7 Å². The molecule has 1 aliphatic heterocycles. The maximum absolute atomic E-state index is 12.3. The predicted octanol–water partition coefficient (Wildman–Crippen LogP) is 2.69. The number of rotatable bonds is 6. The van der Waals surface area contributed by atoms with E-state index in [0.29, 0.717) is 24.7 Å². The maximum atomic E-state index is 12.3. The third-order valence-electron chi connectivity index (χ3n) is 3.40. The Morgan fingerprint density at radius 3 is 2.44 bits per heavy atom. The van der Waals surface area contributed by atoms with Gasteiger partial charge in [0.1, 0.15) is 17.6 Å². The molecule has 0 aromatic heterocycles. The van der Waals surface area contributed by atoms with Gasteiger partial charge in [-0.15, -0.1) is 0 Å². The second-order valence-electron chi connectivity index (χ2n) is 5.24. The molecule has 1 aromatic carbocycles. The smallest absolute Gasteiger partial charge is 0.497 e. The van der Waals surface area contributed by atoms with Crippen molar-refractivity contribution in [3.8, 4) is 5.75 Å². The molecule has 0 fully saturated rings. The number of esters is 1. The van der Waals surface area contributed by atoms with Crippen LogP contribution in [0.15, 0.2) is 36.1 Å². The normalized spacial score (nSPS) is 18.3. The van der Waals surface area contributed by atoms with Crippen LogP contribution < -0.4 is 4.74 Å². The van der Waals surface area contributed by atoms with Gasteiger partial charge in [0.25, 0.3) is 0 Å². The van der Waals surface area contributed by atoms with E-state index in [4.69, 9.17) is 9.47 Å². The zero-order valence-electron chi connectivity index (χ0n) is 13.1. The molecule has 10 heteroatoms. The molecule has 0 aliphatic carbocycles. The number of benzene rings is 1. The van der Waals surface area contributed by atoms with Crippen LogP contribution in [0.5, 0.6) is 5.75 Å². The van der Waals surface area contributed by atoms with E-state index >= 15 is 0 Å². The minimum Gasteiger partial charge on any atom is -0.497 e. The van der Waals surface area contributed by atoms with Crippen LogP contribution in [0.25, 0.3) is 0 Å². The van der Waals surface area contributed by atoms with Crippen LogP contribution in [0, 0.1) is 0 Å². The third-order valence-corrected chi connectivity index (χ3v) is 4.41. The van der Waals surface area contributed by atoms with Crippen LogP contribution >= 0.6 is 0 Å². The number of carbonyl (C=O) groups is 1. The molecule has 0 bridgehead atoms. The van der Waals surface area contributed by atoms with E-state index in [2.05, 4.69) is 4.18 Å². The first-order valence-electron chi connectivity index (χ1n) is 7.15. The topological polar surface area (TPSA) is 78.9 Å². The number of halogens is 3. The van der Waals surface area contributed by atoms with Crippen LogP contribution in [0.4, 0.5) is 13.2 Å². The van der Waals surface area contributed by atoms with Crippen LogP contribution in [0.3, 0.4) is 0 Å². The maximum Gasteiger partial charge on any atom is 0.534 e. The lowest BCUT2D eigenvalue weighted by Crippen LogP contribution is -2.29. The molecule has 0 saturated heterocycles. The largest absolute Gasteiger partial charge is 0.534 e. The summed E-state index contributed by atoms with van der Waals surface area (Å²) >= 11 is 0. The van der Waals surface area contributed by atoms with Crippen LogP contribution in [-0.2, 0) is 30.3 Å². The van der Waals surface area contributed by atoms with E-state index in [9.17, 15) is 26.4 Å². The molecule has 0 amide bonds. The third kappa shape index (κ3) is 5.12. The summed E-state index contributed by atoms with van der Waals surface area (Å²) in [4.78, 5) is 11.4. The van der Waals surface area contributed by atoms with Gasteiger partial charge in [-0.05, 0) is 30.5 Å². The highest BCUT2D eigenvalue weighted by molar-refractivity contribution is 7.87. The Morgan fingerprint density at radius 1 is 1.24 bits per heavy atom. The first-order chi connectivity index (χ1) is 11.6. The van der Waals surface area contributed by atoms with Gasteiger partial charge in [0.15, 0.2) is 0 Å². The lowest BCUT2D eigenvalue weighted by Gasteiger charge is -2.23. The Hall–Kier alpha value is -2.23. The summed E-state index contributed by atoms with van der Waals surface area (Å²) in [5.74, 6) is -0.865. The minimum atomic E-state index is -5.81. The fourth-order valence-electron chi connectivity index (χ4n) is 2.18. The van der Waals surface area contributed by atoms with Gasteiger partial charge in [-0.25, -0.2) is 4.79 Å². The summed E-state index contributed by atoms with van der Waals surface area (Å²) in [6.45, 7) is 0. The molecule has 0 saturated carbocycles. The van der Waals surface area contributed by atoms with Crippen molar-refractivity contribution < 1.29 is 40.0 Å². The molecule has 1 atom stereocenters. The van der Waals surface area contributed by atoms with E-state index in [0.717, 1.165) is 5.56 Å². The molecule has 25 heavy (non-hydrogen) atoms. The van der Waals surface area contributed by atoms with Crippen LogP contribution in [0.2, 0.25) is 0 Å². The molecule has 1 heterocycles. The van der Waals surface area contributed by atoms with Crippen molar-refractivity contribution in [2.75, 3.05) is 7.11 Å². The summed E-state index contributed by atoms with van der Waals surface area (Å²) in [6.07, 6.45) is 0.342. The van der Waals surface area contributed by atoms with E-state index in [1.54, 1.807) is 24.3 Å². The highest BCUT2D eigenvalue weighted by Crippen LogP contribution is 2.30. The SMILES string of the molecule is COc1ccc(CC[C@H]2CC(OS(=O)(=O)C(F)(F)F)=CC(=O)O2)cc1. The number of ether oxygens (including phenoxy) is 2. The molecule has 0 radical (unpaired) electrons. The molecule has 2 rings (SSSR count). The predicted molar refractivity (Wildman–Crippen MR) is 80.0 cm³/mol. The fraction of sp³-hybridized carbons (Fsp3) is 0.400. The van der Waals surface area contributed by atoms with Gasteiger partial charge in [-0.3, -0.25) is 0 Å². The first kappa shape index (κ1) is 19.1. The van der Waals surface area contributed by atoms with Gasteiger partial charge in [0, 0.05) is 6.42 Å². The number of aryl methyl sites for hydroxylation is 1. The van der Waals surface area contributed by atoms with Crippen molar-refractivity contribution in [2.24, 2.45) is 0 Å². The Bertz CT molecular complexity index is 752. The molecule has 1 aromatic rings. The zero-order valence-corrected chi connectivity index (χ0v) is 13.9. The molecular weight excluding hydrogens is 365 g/mol. The molecule has 0 unspecified atom stereocenters. The Morgan fingerprint density at radius 2 is 1.88 bits per heavy atom. The summed E-state index contributed by atoms with van der Waals surface area (Å²) in [5.41, 5.74) is -4.66. The van der Waals surface area contributed by atoms with E-state index in [1.165, 1.54) is 7.11 Å². The summed E-state index contributed by atoms with van der Waals surface area (Å²) in [7, 11) is -4.28. The average molecular weight is 380 g/mol. The van der Waals surface area contributed by atoms with Gasteiger partial charge in [0.05, 0.1) is 13.2 Å². The van der Waals surface area contributed by atoms with Crippen molar-refractivity contribution in [1.29, 1.82) is 0 Å². The van der Waals surface area contributed by atoms with Crippen molar-refractivity contribution in [3.05, 3.63) is 41.7 Å². The second kappa shape index (κ2) is 7.34. The summed E-state index contributed by atoms with van der Waals surface area (Å²) in [5, 5.41) is 0. The van der Waals surface area contributed by atoms with Crippen molar-refractivity contribution in [3.63, 3.8) is 0 Å². The van der Waals surface area contributed by atoms with Gasteiger partial charge in [0.2, 0.25) is 0 Å². The highest BCUT2D eigenvalue weighted by Gasteiger charge is 2.49. The van der Waals surface area contributed by atoms with Gasteiger partial charge in [-0.2, -0.15) is 21.6 Å². The standard InChI is InChI=1S/C15H15F3O6S/c1-22-11-5-2-10(3-6-11)4-7-12-8-13(9-14(19)23-12)24-25(20,21)15(16,17)18/h2-3,5-6,9,12H,4,7-8H2,1H3/t12-/m0/s1. The van der Waals surface area contributed by atoms with E-state index in [-0.39, 0.29) is 6.42 Å². The molecular formula is C15H15F3O6S. The summed E-state index contributed by atoms with van der Waals surface area (Å²) in [6, 6.07) is 7.08. The van der Waals surface area contributed by atoms with Crippen LogP contribution in [-0.4, -0.2) is 33.1 Å². The quantitative estimate of drug-likeness (QED) is 0.429. The van der Waals surface area contributed by atoms with Crippen molar-refractivity contribution in [1.82, 2.24) is 0 Å². The van der Waals surface area contributed by atoms with Gasteiger partial charge >= 0.3 is 21.6 Å². The minimum absolute atomic E-state index is 0.253. The van der Waals surface area contributed by atoms with Crippen LogP contribution in [0.1, 0.15) is 18.4 Å². The molecule has 0 spiro atoms. The Balaban J connectivity index is 1.98. The van der Waals surface area contributed by atoms with E-state index < -0.39 is 33.5 Å². The zero-order chi connectivity index (χ0) is 18.7. The first-order valence-corrected chi connectivity index (χ1v) is 8.56. The number of hydrogen-bond donors (Lipinski definition) is 0. The molecule has 138 valence electrons.